The zero-order chi connectivity index (χ0) is 19.2. The van der Waals surface area contributed by atoms with Crippen LogP contribution in [0, 0.1) is 5.92 Å². The van der Waals surface area contributed by atoms with Crippen LogP contribution in [0.1, 0.15) is 29.3 Å². The van der Waals surface area contributed by atoms with Gasteiger partial charge < -0.3 is 20.1 Å². The Balaban J connectivity index is 0.00000280. The number of rotatable bonds is 6. The molecule has 2 aromatic rings. The smallest absolute Gasteiger partial charge is 0.251 e. The van der Waals surface area contributed by atoms with Gasteiger partial charge in [-0.2, -0.15) is 0 Å². The van der Waals surface area contributed by atoms with Gasteiger partial charge in [-0.1, -0.05) is 30.7 Å². The number of nitrogens with one attached hydrogen (secondary N) is 2. The molecule has 0 spiro atoms. The van der Waals surface area contributed by atoms with Gasteiger partial charge in [-0.15, -0.1) is 12.4 Å². The lowest BCUT2D eigenvalue weighted by molar-refractivity contribution is 0.0913. The van der Waals surface area contributed by atoms with Crippen LogP contribution in [-0.4, -0.2) is 32.1 Å². The highest BCUT2D eigenvalue weighted by Gasteiger charge is 2.23. The summed E-state index contributed by atoms with van der Waals surface area (Å²) in [6.07, 6.45) is 0.937. The fraction of sp³-hybridized carbons (Fsp3) is 0.381. The molecular weight excluding hydrogens is 399 g/mol. The maximum Gasteiger partial charge on any atom is 0.251 e. The number of halogens is 2. The maximum atomic E-state index is 12.6. The number of ether oxygens (including phenoxy) is 2. The van der Waals surface area contributed by atoms with Crippen LogP contribution >= 0.6 is 24.0 Å². The second kappa shape index (κ2) is 10.6. The van der Waals surface area contributed by atoms with Gasteiger partial charge >= 0.3 is 0 Å². The van der Waals surface area contributed by atoms with E-state index in [1.54, 1.807) is 25.3 Å². The van der Waals surface area contributed by atoms with E-state index in [1.165, 1.54) is 0 Å². The zero-order valence-corrected chi connectivity index (χ0v) is 17.6. The Kier molecular flexibility index (Phi) is 8.42. The molecule has 5 nitrogen and oxygen atoms in total. The van der Waals surface area contributed by atoms with Crippen molar-refractivity contribution in [3.63, 3.8) is 0 Å². The summed E-state index contributed by atoms with van der Waals surface area (Å²) < 4.78 is 11.3. The Bertz CT molecular complexity index is 784. The molecule has 1 amide bonds. The predicted molar refractivity (Wildman–Crippen MR) is 114 cm³/mol. The standard InChI is InChI=1S/C21H25ClN2O3.ClH/c1-14-12-23-10-9-18(14)24-21(25)16-5-8-19(20(11-16)26-2)27-13-15-3-6-17(22)7-4-15;/h3-8,11,14,18,23H,9-10,12-13H2,1-2H3,(H,24,25);1H. The number of carbonyl (C=O) groups excluding carboxylic acids is 1. The first-order valence-corrected chi connectivity index (χ1v) is 9.51. The van der Waals surface area contributed by atoms with Crippen LogP contribution < -0.4 is 20.1 Å². The van der Waals surface area contributed by atoms with Crippen molar-refractivity contribution < 1.29 is 14.3 Å². The lowest BCUT2D eigenvalue weighted by atomic mass is 9.95. The summed E-state index contributed by atoms with van der Waals surface area (Å²) in [6.45, 7) is 4.39. The quantitative estimate of drug-likeness (QED) is 0.733. The number of amides is 1. The summed E-state index contributed by atoms with van der Waals surface area (Å²) in [7, 11) is 1.57. The first kappa shape index (κ1) is 22.3. The second-order valence-electron chi connectivity index (χ2n) is 6.83. The minimum absolute atomic E-state index is 0. The highest BCUT2D eigenvalue weighted by molar-refractivity contribution is 6.30. The summed E-state index contributed by atoms with van der Waals surface area (Å²) in [5.74, 6) is 1.46. The third kappa shape index (κ3) is 5.77. The summed E-state index contributed by atoms with van der Waals surface area (Å²) in [6, 6.07) is 12.9. The van der Waals surface area contributed by atoms with Crippen LogP contribution in [0.15, 0.2) is 42.5 Å². The number of piperidine rings is 1. The van der Waals surface area contributed by atoms with E-state index < -0.39 is 0 Å². The molecule has 2 unspecified atom stereocenters. The molecule has 1 aliphatic heterocycles. The van der Waals surface area contributed by atoms with Crippen molar-refractivity contribution in [3.8, 4) is 11.5 Å². The Morgan fingerprint density at radius 1 is 1.21 bits per heavy atom. The highest BCUT2D eigenvalue weighted by atomic mass is 35.5. The van der Waals surface area contributed by atoms with Crippen LogP contribution in [-0.2, 0) is 6.61 Å². The van der Waals surface area contributed by atoms with E-state index in [2.05, 4.69) is 17.6 Å². The molecule has 0 radical (unpaired) electrons. The molecule has 7 heteroatoms. The van der Waals surface area contributed by atoms with E-state index in [0.29, 0.717) is 34.6 Å². The van der Waals surface area contributed by atoms with Crippen molar-refractivity contribution >= 4 is 29.9 Å². The van der Waals surface area contributed by atoms with Gasteiger partial charge in [0.15, 0.2) is 11.5 Å². The topological polar surface area (TPSA) is 59.6 Å². The summed E-state index contributed by atoms with van der Waals surface area (Å²) >= 11 is 5.90. The van der Waals surface area contributed by atoms with Crippen LogP contribution in [0.5, 0.6) is 11.5 Å². The number of benzene rings is 2. The van der Waals surface area contributed by atoms with Gasteiger partial charge in [0.05, 0.1) is 7.11 Å². The van der Waals surface area contributed by atoms with Crippen LogP contribution in [0.25, 0.3) is 0 Å². The molecule has 152 valence electrons. The van der Waals surface area contributed by atoms with Gasteiger partial charge in [0.2, 0.25) is 0 Å². The molecule has 28 heavy (non-hydrogen) atoms. The van der Waals surface area contributed by atoms with Crippen LogP contribution in [0.4, 0.5) is 0 Å². The van der Waals surface area contributed by atoms with E-state index in [4.69, 9.17) is 21.1 Å². The van der Waals surface area contributed by atoms with Crippen molar-refractivity contribution in [2.24, 2.45) is 5.92 Å². The molecule has 2 atom stereocenters. The Labute approximate surface area is 177 Å². The first-order valence-electron chi connectivity index (χ1n) is 9.13. The molecule has 1 aliphatic rings. The van der Waals surface area contributed by atoms with Crippen LogP contribution in [0.3, 0.4) is 0 Å². The van der Waals surface area contributed by atoms with Gasteiger partial charge in [-0.25, -0.2) is 0 Å². The van der Waals surface area contributed by atoms with Gasteiger partial charge in [-0.05, 0) is 61.3 Å². The molecule has 0 aromatic heterocycles. The van der Waals surface area contributed by atoms with E-state index in [1.807, 2.05) is 24.3 Å². The predicted octanol–water partition coefficient (Wildman–Crippen LogP) is 4.08. The van der Waals surface area contributed by atoms with Gasteiger partial charge in [0.25, 0.3) is 5.91 Å². The number of hydrogen-bond donors (Lipinski definition) is 2. The molecule has 1 heterocycles. The SMILES string of the molecule is COc1cc(C(=O)NC2CCNCC2C)ccc1OCc1ccc(Cl)cc1.Cl. The number of methoxy groups -OCH3 is 1. The average Bonchev–Trinajstić information content (AvgIpc) is 2.69. The van der Waals surface area contributed by atoms with Crippen molar-refractivity contribution in [2.45, 2.75) is 26.0 Å². The largest absolute Gasteiger partial charge is 0.493 e. The third-order valence-corrected chi connectivity index (χ3v) is 5.09. The van der Waals surface area contributed by atoms with Crippen molar-refractivity contribution in [1.82, 2.24) is 10.6 Å². The zero-order valence-electron chi connectivity index (χ0n) is 16.0. The van der Waals surface area contributed by atoms with E-state index in [-0.39, 0.29) is 24.4 Å². The second-order valence-corrected chi connectivity index (χ2v) is 7.27. The van der Waals surface area contributed by atoms with Crippen molar-refractivity contribution in [2.75, 3.05) is 20.2 Å². The van der Waals surface area contributed by atoms with E-state index in [9.17, 15) is 4.79 Å². The van der Waals surface area contributed by atoms with Gasteiger partial charge in [0, 0.05) is 16.6 Å². The fourth-order valence-corrected chi connectivity index (χ4v) is 3.28. The van der Waals surface area contributed by atoms with Crippen LogP contribution in [0.2, 0.25) is 5.02 Å². The number of hydrogen-bond acceptors (Lipinski definition) is 4. The van der Waals surface area contributed by atoms with E-state index >= 15 is 0 Å². The lowest BCUT2D eigenvalue weighted by Gasteiger charge is -2.30. The Hall–Kier alpha value is -1.95. The minimum Gasteiger partial charge on any atom is -0.493 e. The summed E-state index contributed by atoms with van der Waals surface area (Å²) in [4.78, 5) is 12.6. The van der Waals surface area contributed by atoms with Gasteiger partial charge in [-0.3, -0.25) is 4.79 Å². The normalized spacial score (nSPS) is 18.7. The fourth-order valence-electron chi connectivity index (χ4n) is 3.15. The summed E-state index contributed by atoms with van der Waals surface area (Å²) in [5.41, 5.74) is 1.57. The number of carbonyl (C=O) groups is 1. The third-order valence-electron chi connectivity index (χ3n) is 4.84. The average molecular weight is 425 g/mol. The molecule has 2 aromatic carbocycles. The van der Waals surface area contributed by atoms with Gasteiger partial charge in [0.1, 0.15) is 6.61 Å². The lowest BCUT2D eigenvalue weighted by Crippen LogP contribution is -2.48. The molecular formula is C21H26Cl2N2O3. The van der Waals surface area contributed by atoms with Crippen molar-refractivity contribution in [1.29, 1.82) is 0 Å². The minimum atomic E-state index is -0.0868. The van der Waals surface area contributed by atoms with Crippen molar-refractivity contribution in [3.05, 3.63) is 58.6 Å². The maximum absolute atomic E-state index is 12.6. The molecule has 0 saturated carbocycles. The molecule has 3 rings (SSSR count). The Morgan fingerprint density at radius 3 is 2.64 bits per heavy atom. The molecule has 1 saturated heterocycles. The summed E-state index contributed by atoms with van der Waals surface area (Å²) in [5, 5.41) is 7.16. The molecule has 0 aliphatic carbocycles. The molecule has 2 N–H and O–H groups in total. The first-order chi connectivity index (χ1) is 13.1. The van der Waals surface area contributed by atoms with E-state index in [0.717, 1.165) is 25.1 Å². The Morgan fingerprint density at radius 2 is 1.96 bits per heavy atom. The molecule has 0 bridgehead atoms. The molecule has 1 fully saturated rings. The monoisotopic (exact) mass is 424 g/mol. The highest BCUT2D eigenvalue weighted by Crippen LogP contribution is 2.29.